The van der Waals surface area contributed by atoms with Gasteiger partial charge in [0.15, 0.2) is 17.5 Å². The average Bonchev–Trinajstić information content (AvgIpc) is 2.44. The summed E-state index contributed by atoms with van der Waals surface area (Å²) >= 11 is 3.27. The summed E-state index contributed by atoms with van der Waals surface area (Å²) in [5.74, 6) is -5.11. The van der Waals surface area contributed by atoms with Crippen LogP contribution in [0.3, 0.4) is 0 Å². The first-order chi connectivity index (χ1) is 9.52. The summed E-state index contributed by atoms with van der Waals surface area (Å²) in [6.07, 6.45) is 0. The molecule has 0 saturated carbocycles. The van der Waals surface area contributed by atoms with Gasteiger partial charge >= 0.3 is 0 Å². The molecule has 2 aromatic rings. The molecule has 2 rings (SSSR count). The zero-order valence-electron chi connectivity index (χ0n) is 10.1. The highest BCUT2D eigenvalue weighted by atomic mass is 79.9. The van der Waals surface area contributed by atoms with Gasteiger partial charge in [0.05, 0.1) is 0 Å². The lowest BCUT2D eigenvalue weighted by molar-refractivity contribution is 0.102. The minimum atomic E-state index is -1.59. The van der Waals surface area contributed by atoms with E-state index < -0.39 is 23.4 Å². The van der Waals surface area contributed by atoms with Gasteiger partial charge in [-0.1, -0.05) is 34.1 Å². The van der Waals surface area contributed by atoms with Crippen LogP contribution in [0.25, 0.3) is 0 Å². The fourth-order valence-corrected chi connectivity index (χ4v) is 2.13. The minimum absolute atomic E-state index is 0.286. The molecule has 104 valence electrons. The molecule has 0 radical (unpaired) electrons. The average molecular weight is 344 g/mol. The molecule has 1 N–H and O–H groups in total. The Bertz CT molecular complexity index is 638. The van der Waals surface area contributed by atoms with Crippen LogP contribution < -0.4 is 5.32 Å². The van der Waals surface area contributed by atoms with E-state index in [2.05, 4.69) is 21.2 Å². The maximum atomic E-state index is 13.1. The molecule has 0 bridgehead atoms. The van der Waals surface area contributed by atoms with Gasteiger partial charge in [-0.2, -0.15) is 0 Å². The van der Waals surface area contributed by atoms with Crippen molar-refractivity contribution in [1.29, 1.82) is 0 Å². The molecule has 0 saturated heterocycles. The second-order valence-electron chi connectivity index (χ2n) is 4.00. The van der Waals surface area contributed by atoms with Crippen LogP contribution in [0.5, 0.6) is 0 Å². The quantitative estimate of drug-likeness (QED) is 0.655. The minimum Gasteiger partial charge on any atom is -0.322 e. The Kier molecular flexibility index (Phi) is 4.44. The highest BCUT2D eigenvalue weighted by Crippen LogP contribution is 2.20. The van der Waals surface area contributed by atoms with Crippen molar-refractivity contribution in [3.05, 3.63) is 65.0 Å². The Morgan fingerprint density at radius 3 is 2.30 bits per heavy atom. The van der Waals surface area contributed by atoms with E-state index in [-0.39, 0.29) is 5.56 Å². The Morgan fingerprint density at radius 1 is 1.10 bits per heavy atom. The predicted octanol–water partition coefficient (Wildman–Crippen LogP) is 4.25. The van der Waals surface area contributed by atoms with Crippen LogP contribution in [0.15, 0.2) is 36.4 Å². The standard InChI is InChI=1S/C14H9BrF3NO/c15-7-8-3-1-2-4-12(8)19-14(20)9-5-10(16)13(18)11(17)6-9/h1-6H,7H2,(H,19,20). The normalized spacial score (nSPS) is 10.4. The molecule has 0 atom stereocenters. The fraction of sp³-hybridized carbons (Fsp3) is 0.0714. The van der Waals surface area contributed by atoms with Crippen molar-refractivity contribution in [2.24, 2.45) is 0 Å². The van der Waals surface area contributed by atoms with Gasteiger partial charge < -0.3 is 5.32 Å². The number of nitrogens with one attached hydrogen (secondary N) is 1. The highest BCUT2D eigenvalue weighted by Gasteiger charge is 2.15. The lowest BCUT2D eigenvalue weighted by Gasteiger charge is -2.09. The van der Waals surface area contributed by atoms with E-state index in [0.717, 1.165) is 5.56 Å². The van der Waals surface area contributed by atoms with Crippen molar-refractivity contribution in [3.63, 3.8) is 0 Å². The summed E-state index contributed by atoms with van der Waals surface area (Å²) in [5.41, 5.74) is 1.04. The number of para-hydroxylation sites is 1. The lowest BCUT2D eigenvalue weighted by atomic mass is 10.1. The molecular formula is C14H9BrF3NO. The van der Waals surface area contributed by atoms with Crippen LogP contribution in [0.2, 0.25) is 0 Å². The number of alkyl halides is 1. The Morgan fingerprint density at radius 2 is 1.70 bits per heavy atom. The molecule has 2 nitrogen and oxygen atoms in total. The van der Waals surface area contributed by atoms with Crippen LogP contribution in [-0.2, 0) is 5.33 Å². The first kappa shape index (κ1) is 14.6. The van der Waals surface area contributed by atoms with Crippen molar-refractivity contribution in [2.75, 3.05) is 5.32 Å². The van der Waals surface area contributed by atoms with Gasteiger partial charge in [0.25, 0.3) is 5.91 Å². The number of anilines is 1. The van der Waals surface area contributed by atoms with Gasteiger partial charge in [-0.05, 0) is 23.8 Å². The molecule has 0 aliphatic rings. The number of halogens is 4. The first-order valence-corrected chi connectivity index (χ1v) is 6.75. The molecule has 0 unspecified atom stereocenters. The number of carbonyl (C=O) groups excluding carboxylic acids is 1. The molecule has 0 heterocycles. The molecule has 2 aromatic carbocycles. The number of benzene rings is 2. The summed E-state index contributed by atoms with van der Waals surface area (Å²) < 4.78 is 39.0. The fourth-order valence-electron chi connectivity index (χ4n) is 1.64. The molecule has 20 heavy (non-hydrogen) atoms. The summed E-state index contributed by atoms with van der Waals surface area (Å²) in [6.45, 7) is 0. The van der Waals surface area contributed by atoms with Crippen molar-refractivity contribution in [3.8, 4) is 0 Å². The van der Waals surface area contributed by atoms with Crippen LogP contribution in [0.4, 0.5) is 18.9 Å². The zero-order valence-corrected chi connectivity index (χ0v) is 11.7. The monoisotopic (exact) mass is 343 g/mol. The molecule has 1 amide bonds. The first-order valence-electron chi connectivity index (χ1n) is 5.62. The van der Waals surface area contributed by atoms with Crippen molar-refractivity contribution < 1.29 is 18.0 Å². The third-order valence-electron chi connectivity index (χ3n) is 2.66. The second-order valence-corrected chi connectivity index (χ2v) is 4.56. The van der Waals surface area contributed by atoms with Crippen LogP contribution in [0, 0.1) is 17.5 Å². The molecular weight excluding hydrogens is 335 g/mol. The van der Waals surface area contributed by atoms with Crippen molar-refractivity contribution in [2.45, 2.75) is 5.33 Å². The van der Waals surface area contributed by atoms with Crippen molar-refractivity contribution in [1.82, 2.24) is 0 Å². The third kappa shape index (κ3) is 3.01. The molecule has 0 spiro atoms. The Labute approximate surface area is 121 Å². The summed E-state index contributed by atoms with van der Waals surface area (Å²) in [6, 6.07) is 8.27. The smallest absolute Gasteiger partial charge is 0.255 e. The number of hydrogen-bond acceptors (Lipinski definition) is 1. The van der Waals surface area contributed by atoms with E-state index in [0.29, 0.717) is 23.2 Å². The van der Waals surface area contributed by atoms with Crippen LogP contribution >= 0.6 is 15.9 Å². The second kappa shape index (κ2) is 6.09. The Balaban J connectivity index is 2.29. The molecule has 0 aromatic heterocycles. The van der Waals surface area contributed by atoms with Crippen LogP contribution in [-0.4, -0.2) is 5.91 Å². The van der Waals surface area contributed by atoms with Crippen molar-refractivity contribution >= 4 is 27.5 Å². The van der Waals surface area contributed by atoms with E-state index in [9.17, 15) is 18.0 Å². The van der Waals surface area contributed by atoms with Gasteiger partial charge in [0.1, 0.15) is 0 Å². The topological polar surface area (TPSA) is 29.1 Å². The molecule has 0 aliphatic carbocycles. The highest BCUT2D eigenvalue weighted by molar-refractivity contribution is 9.08. The van der Waals surface area contributed by atoms with E-state index in [1.54, 1.807) is 24.3 Å². The lowest BCUT2D eigenvalue weighted by Crippen LogP contribution is -2.14. The molecule has 0 aliphatic heterocycles. The van der Waals surface area contributed by atoms with Gasteiger partial charge in [0, 0.05) is 16.6 Å². The van der Waals surface area contributed by atoms with Gasteiger partial charge in [-0.25, -0.2) is 13.2 Å². The third-order valence-corrected chi connectivity index (χ3v) is 3.26. The SMILES string of the molecule is O=C(Nc1ccccc1CBr)c1cc(F)c(F)c(F)c1. The van der Waals surface area contributed by atoms with Gasteiger partial charge in [-0.15, -0.1) is 0 Å². The predicted molar refractivity (Wildman–Crippen MR) is 73.3 cm³/mol. The summed E-state index contributed by atoms with van der Waals surface area (Å²) in [4.78, 5) is 11.9. The maximum absolute atomic E-state index is 13.1. The number of hydrogen-bond donors (Lipinski definition) is 1. The van der Waals surface area contributed by atoms with Gasteiger partial charge in [-0.3, -0.25) is 4.79 Å². The molecule has 6 heteroatoms. The Hall–Kier alpha value is -1.82. The van der Waals surface area contributed by atoms with E-state index in [1.165, 1.54) is 0 Å². The summed E-state index contributed by atoms with van der Waals surface area (Å²) in [5, 5.41) is 3.04. The summed E-state index contributed by atoms with van der Waals surface area (Å²) in [7, 11) is 0. The van der Waals surface area contributed by atoms with E-state index >= 15 is 0 Å². The van der Waals surface area contributed by atoms with Gasteiger partial charge in [0.2, 0.25) is 0 Å². The van der Waals surface area contributed by atoms with E-state index in [1.807, 2.05) is 0 Å². The molecule has 0 fully saturated rings. The largest absolute Gasteiger partial charge is 0.322 e. The maximum Gasteiger partial charge on any atom is 0.255 e. The number of rotatable bonds is 3. The number of carbonyl (C=O) groups is 1. The van der Waals surface area contributed by atoms with E-state index in [4.69, 9.17) is 0 Å². The van der Waals surface area contributed by atoms with Crippen LogP contribution in [0.1, 0.15) is 15.9 Å². The number of amides is 1. The zero-order chi connectivity index (χ0) is 14.7.